The van der Waals surface area contributed by atoms with Crippen molar-refractivity contribution in [3.63, 3.8) is 0 Å². The number of ether oxygens (including phenoxy) is 1. The lowest BCUT2D eigenvalue weighted by Gasteiger charge is -2.39. The van der Waals surface area contributed by atoms with Crippen LogP contribution in [0.3, 0.4) is 0 Å². The molecule has 3 heteroatoms. The van der Waals surface area contributed by atoms with Crippen LogP contribution in [0.2, 0.25) is 0 Å². The lowest BCUT2D eigenvalue weighted by Crippen LogP contribution is -2.59. The van der Waals surface area contributed by atoms with Crippen molar-refractivity contribution in [3.05, 3.63) is 29.8 Å². The Kier molecular flexibility index (Phi) is 3.69. The number of hydrogen-bond donors (Lipinski definition) is 1. The Morgan fingerprint density at radius 1 is 1.41 bits per heavy atom. The minimum atomic E-state index is 0.0629. The summed E-state index contributed by atoms with van der Waals surface area (Å²) >= 11 is 0. The van der Waals surface area contributed by atoms with Crippen molar-refractivity contribution < 1.29 is 4.74 Å². The monoisotopic (exact) mass is 234 g/mol. The van der Waals surface area contributed by atoms with E-state index in [1.807, 2.05) is 0 Å². The van der Waals surface area contributed by atoms with E-state index in [4.69, 9.17) is 4.74 Å². The molecule has 0 amide bonds. The Balaban J connectivity index is 1.79. The largest absolute Gasteiger partial charge is 0.372 e. The molecule has 0 atom stereocenters. The number of rotatable bonds is 5. The zero-order valence-electron chi connectivity index (χ0n) is 11.0. The van der Waals surface area contributed by atoms with Gasteiger partial charge in [-0.05, 0) is 31.5 Å². The Bertz CT molecular complexity index is 374. The summed E-state index contributed by atoms with van der Waals surface area (Å²) in [5.74, 6) is 0. The van der Waals surface area contributed by atoms with Crippen LogP contribution in [-0.2, 0) is 4.74 Å². The van der Waals surface area contributed by atoms with Crippen molar-refractivity contribution in [1.82, 2.24) is 5.32 Å². The lowest BCUT2D eigenvalue weighted by atomic mass is 10.0. The molecule has 0 radical (unpaired) electrons. The van der Waals surface area contributed by atoms with Gasteiger partial charge in [-0.25, -0.2) is 0 Å². The van der Waals surface area contributed by atoms with Crippen molar-refractivity contribution >= 4 is 5.69 Å². The van der Waals surface area contributed by atoms with Gasteiger partial charge in [0.15, 0.2) is 0 Å². The van der Waals surface area contributed by atoms with E-state index >= 15 is 0 Å². The maximum Gasteiger partial charge on any atom is 0.0902 e. The fraction of sp³-hybridized carbons (Fsp3) is 0.571. The van der Waals surface area contributed by atoms with Gasteiger partial charge in [0.25, 0.3) is 0 Å². The molecule has 1 aromatic rings. The van der Waals surface area contributed by atoms with E-state index in [1.165, 1.54) is 11.3 Å². The first-order valence-electron chi connectivity index (χ1n) is 6.22. The predicted molar refractivity (Wildman–Crippen MR) is 71.7 cm³/mol. The van der Waals surface area contributed by atoms with Crippen molar-refractivity contribution in [2.75, 3.05) is 38.2 Å². The van der Waals surface area contributed by atoms with Gasteiger partial charge >= 0.3 is 0 Å². The molecule has 2 rings (SSSR count). The molecule has 1 heterocycles. The average Bonchev–Trinajstić information content (AvgIpc) is 2.26. The number of anilines is 1. The molecule has 1 N–H and O–H groups in total. The summed E-state index contributed by atoms with van der Waals surface area (Å²) in [5.41, 5.74) is 2.61. The Hall–Kier alpha value is -1.06. The van der Waals surface area contributed by atoms with Gasteiger partial charge < -0.3 is 15.0 Å². The third-order valence-corrected chi connectivity index (χ3v) is 3.32. The molecule has 1 fully saturated rings. The van der Waals surface area contributed by atoms with Crippen LogP contribution in [0.25, 0.3) is 0 Å². The van der Waals surface area contributed by atoms with E-state index in [-0.39, 0.29) is 5.60 Å². The van der Waals surface area contributed by atoms with Gasteiger partial charge in [0.1, 0.15) is 0 Å². The number of benzene rings is 1. The average molecular weight is 234 g/mol. The first-order chi connectivity index (χ1) is 8.09. The third-order valence-electron chi connectivity index (χ3n) is 3.32. The quantitative estimate of drug-likeness (QED) is 0.841. The highest BCUT2D eigenvalue weighted by Crippen LogP contribution is 2.17. The van der Waals surface area contributed by atoms with Gasteiger partial charge in [-0.3, -0.25) is 0 Å². The molecule has 3 nitrogen and oxygen atoms in total. The van der Waals surface area contributed by atoms with Crippen LogP contribution in [0, 0.1) is 6.92 Å². The molecule has 1 aliphatic rings. The molecule has 17 heavy (non-hydrogen) atoms. The molecular weight excluding hydrogens is 212 g/mol. The first-order valence-corrected chi connectivity index (χ1v) is 6.22. The minimum absolute atomic E-state index is 0.0629. The molecule has 0 saturated carbocycles. The zero-order valence-corrected chi connectivity index (χ0v) is 11.0. The van der Waals surface area contributed by atoms with Crippen LogP contribution in [0.15, 0.2) is 24.3 Å². The number of likely N-dealkylation sites (N-methyl/N-ethyl adjacent to an activating group) is 1. The maximum absolute atomic E-state index is 5.88. The van der Waals surface area contributed by atoms with Gasteiger partial charge in [0.05, 0.1) is 12.2 Å². The van der Waals surface area contributed by atoms with E-state index in [0.717, 1.165) is 26.2 Å². The van der Waals surface area contributed by atoms with Crippen LogP contribution in [0.5, 0.6) is 0 Å². The molecule has 1 aromatic carbocycles. The highest BCUT2D eigenvalue weighted by atomic mass is 16.5. The predicted octanol–water partition coefficient (Wildman–Crippen LogP) is 1.81. The second-order valence-corrected chi connectivity index (χ2v) is 5.16. The van der Waals surface area contributed by atoms with E-state index < -0.39 is 0 Å². The second kappa shape index (κ2) is 5.07. The molecule has 1 saturated heterocycles. The Labute approximate surface area is 104 Å². The van der Waals surface area contributed by atoms with E-state index in [2.05, 4.69) is 55.4 Å². The summed E-state index contributed by atoms with van der Waals surface area (Å²) in [5, 5.41) is 3.24. The van der Waals surface area contributed by atoms with Crippen LogP contribution in [0.4, 0.5) is 5.69 Å². The smallest absolute Gasteiger partial charge is 0.0902 e. The molecule has 0 aromatic heterocycles. The standard InChI is InChI=1S/C14H22N2O/c1-12-5-4-6-13(9-12)16(3)7-8-17-14(2)10-15-11-14/h4-6,9,15H,7-8,10-11H2,1-3H3. The SMILES string of the molecule is Cc1cccc(N(C)CCOC2(C)CNC2)c1. The van der Waals surface area contributed by atoms with E-state index in [9.17, 15) is 0 Å². The van der Waals surface area contributed by atoms with E-state index in [0.29, 0.717) is 0 Å². The molecule has 0 spiro atoms. The summed E-state index contributed by atoms with van der Waals surface area (Å²) < 4.78 is 5.88. The lowest BCUT2D eigenvalue weighted by molar-refractivity contribution is -0.0631. The second-order valence-electron chi connectivity index (χ2n) is 5.16. The van der Waals surface area contributed by atoms with Gasteiger partial charge in [-0.1, -0.05) is 12.1 Å². The Morgan fingerprint density at radius 2 is 2.18 bits per heavy atom. The molecule has 0 bridgehead atoms. The van der Waals surface area contributed by atoms with Crippen LogP contribution in [0.1, 0.15) is 12.5 Å². The first kappa shape index (κ1) is 12.4. The summed E-state index contributed by atoms with van der Waals surface area (Å²) in [6.45, 7) is 7.94. The van der Waals surface area contributed by atoms with Crippen molar-refractivity contribution in [3.8, 4) is 0 Å². The van der Waals surface area contributed by atoms with Crippen LogP contribution in [-0.4, -0.2) is 38.9 Å². The highest BCUT2D eigenvalue weighted by Gasteiger charge is 2.32. The van der Waals surface area contributed by atoms with Gasteiger partial charge in [-0.2, -0.15) is 0 Å². The van der Waals surface area contributed by atoms with Crippen LogP contribution < -0.4 is 10.2 Å². The summed E-state index contributed by atoms with van der Waals surface area (Å²) in [6, 6.07) is 8.56. The number of hydrogen-bond acceptors (Lipinski definition) is 3. The normalized spacial score (nSPS) is 17.6. The summed E-state index contributed by atoms with van der Waals surface area (Å²) in [4.78, 5) is 2.24. The number of nitrogens with zero attached hydrogens (tertiary/aromatic N) is 1. The third kappa shape index (κ3) is 3.20. The Morgan fingerprint density at radius 3 is 2.76 bits per heavy atom. The number of nitrogens with one attached hydrogen (secondary N) is 1. The van der Waals surface area contributed by atoms with Gasteiger partial charge in [0.2, 0.25) is 0 Å². The fourth-order valence-electron chi connectivity index (χ4n) is 2.00. The van der Waals surface area contributed by atoms with Crippen molar-refractivity contribution in [2.45, 2.75) is 19.4 Å². The fourth-order valence-corrected chi connectivity index (χ4v) is 2.00. The summed E-state index contributed by atoms with van der Waals surface area (Å²) in [7, 11) is 2.11. The molecule has 1 aliphatic heterocycles. The minimum Gasteiger partial charge on any atom is -0.372 e. The highest BCUT2D eigenvalue weighted by molar-refractivity contribution is 5.47. The molecule has 94 valence electrons. The van der Waals surface area contributed by atoms with Crippen LogP contribution >= 0.6 is 0 Å². The summed E-state index contributed by atoms with van der Waals surface area (Å²) in [6.07, 6.45) is 0. The molecular formula is C14H22N2O. The van der Waals surface area contributed by atoms with Crippen molar-refractivity contribution in [2.24, 2.45) is 0 Å². The van der Waals surface area contributed by atoms with E-state index in [1.54, 1.807) is 0 Å². The van der Waals surface area contributed by atoms with Gasteiger partial charge in [0, 0.05) is 32.4 Å². The molecule has 0 unspecified atom stereocenters. The maximum atomic E-state index is 5.88. The zero-order chi connectivity index (χ0) is 12.3. The van der Waals surface area contributed by atoms with Gasteiger partial charge in [-0.15, -0.1) is 0 Å². The number of aryl methyl sites for hydroxylation is 1. The topological polar surface area (TPSA) is 24.5 Å². The van der Waals surface area contributed by atoms with Crippen molar-refractivity contribution in [1.29, 1.82) is 0 Å². The molecule has 0 aliphatic carbocycles.